The second kappa shape index (κ2) is 5.92. The van der Waals surface area contributed by atoms with Crippen LogP contribution in [0.15, 0.2) is 21.2 Å². The van der Waals surface area contributed by atoms with Gasteiger partial charge in [-0.2, -0.15) is 0 Å². The van der Waals surface area contributed by atoms with Gasteiger partial charge >= 0.3 is 0 Å². The van der Waals surface area contributed by atoms with Gasteiger partial charge in [-0.05, 0) is 41.5 Å². The zero-order valence-corrected chi connectivity index (χ0v) is 10.4. The SMILES string of the molecule is CCN[C@H](C)CNC(=O)c1ccc(Br)o1. The van der Waals surface area contributed by atoms with E-state index < -0.39 is 0 Å². The van der Waals surface area contributed by atoms with Gasteiger partial charge in [-0.15, -0.1) is 0 Å². The molecule has 0 fully saturated rings. The summed E-state index contributed by atoms with van der Waals surface area (Å²) >= 11 is 3.15. The van der Waals surface area contributed by atoms with Crippen LogP contribution in [0.2, 0.25) is 0 Å². The molecular formula is C10H15BrN2O2. The number of carbonyl (C=O) groups is 1. The topological polar surface area (TPSA) is 54.3 Å². The fraction of sp³-hybridized carbons (Fsp3) is 0.500. The predicted molar refractivity (Wildman–Crippen MR) is 61.9 cm³/mol. The standard InChI is InChI=1S/C10H15BrN2O2/c1-3-12-7(2)6-13-10(14)8-4-5-9(11)15-8/h4-5,7,12H,3,6H2,1-2H3,(H,13,14)/t7-/m1/s1. The molecule has 1 rings (SSSR count). The molecule has 0 saturated heterocycles. The summed E-state index contributed by atoms with van der Waals surface area (Å²) in [6.45, 7) is 5.53. The van der Waals surface area contributed by atoms with Crippen LogP contribution in [0.5, 0.6) is 0 Å². The zero-order chi connectivity index (χ0) is 11.3. The smallest absolute Gasteiger partial charge is 0.287 e. The van der Waals surface area contributed by atoms with Crippen molar-refractivity contribution in [2.24, 2.45) is 0 Å². The average Bonchev–Trinajstić information content (AvgIpc) is 2.62. The number of nitrogens with one attached hydrogen (secondary N) is 2. The van der Waals surface area contributed by atoms with E-state index in [9.17, 15) is 4.79 Å². The molecule has 15 heavy (non-hydrogen) atoms. The first-order valence-corrected chi connectivity index (χ1v) is 5.69. The lowest BCUT2D eigenvalue weighted by Gasteiger charge is -2.12. The third kappa shape index (κ3) is 4.05. The fourth-order valence-electron chi connectivity index (χ4n) is 1.19. The highest BCUT2D eigenvalue weighted by molar-refractivity contribution is 9.10. The second-order valence-electron chi connectivity index (χ2n) is 3.27. The Balaban J connectivity index is 2.36. The van der Waals surface area contributed by atoms with Crippen molar-refractivity contribution >= 4 is 21.8 Å². The highest BCUT2D eigenvalue weighted by Gasteiger charge is 2.10. The van der Waals surface area contributed by atoms with E-state index in [1.807, 2.05) is 13.8 Å². The summed E-state index contributed by atoms with van der Waals surface area (Å²) < 4.78 is 5.68. The first kappa shape index (κ1) is 12.3. The number of rotatable bonds is 5. The summed E-state index contributed by atoms with van der Waals surface area (Å²) in [7, 11) is 0. The molecule has 4 nitrogen and oxygen atoms in total. The minimum atomic E-state index is -0.189. The third-order valence-corrected chi connectivity index (χ3v) is 2.34. The quantitative estimate of drug-likeness (QED) is 0.861. The first-order valence-electron chi connectivity index (χ1n) is 4.90. The van der Waals surface area contributed by atoms with Gasteiger partial charge in [0.1, 0.15) is 0 Å². The van der Waals surface area contributed by atoms with Crippen molar-refractivity contribution in [2.45, 2.75) is 19.9 Å². The molecular weight excluding hydrogens is 260 g/mol. The lowest BCUT2D eigenvalue weighted by molar-refractivity contribution is 0.0921. The molecule has 1 atom stereocenters. The lowest BCUT2D eigenvalue weighted by atomic mass is 10.3. The van der Waals surface area contributed by atoms with Gasteiger partial charge in [0.2, 0.25) is 0 Å². The molecule has 0 aliphatic carbocycles. The summed E-state index contributed by atoms with van der Waals surface area (Å²) in [6, 6.07) is 3.59. The number of likely N-dealkylation sites (N-methyl/N-ethyl adjacent to an activating group) is 1. The van der Waals surface area contributed by atoms with Crippen molar-refractivity contribution in [3.63, 3.8) is 0 Å². The van der Waals surface area contributed by atoms with E-state index in [4.69, 9.17) is 4.42 Å². The van der Waals surface area contributed by atoms with Crippen LogP contribution in [0.4, 0.5) is 0 Å². The zero-order valence-electron chi connectivity index (χ0n) is 8.84. The van der Waals surface area contributed by atoms with E-state index in [0.717, 1.165) is 6.54 Å². The van der Waals surface area contributed by atoms with Crippen molar-refractivity contribution < 1.29 is 9.21 Å². The van der Waals surface area contributed by atoms with Gasteiger partial charge in [-0.3, -0.25) is 4.79 Å². The van der Waals surface area contributed by atoms with Gasteiger partial charge < -0.3 is 15.1 Å². The minimum Gasteiger partial charge on any atom is -0.444 e. The van der Waals surface area contributed by atoms with Crippen LogP contribution < -0.4 is 10.6 Å². The molecule has 0 aromatic carbocycles. The van der Waals surface area contributed by atoms with Crippen LogP contribution in [0.3, 0.4) is 0 Å². The van der Waals surface area contributed by atoms with E-state index in [1.54, 1.807) is 12.1 Å². The Morgan fingerprint density at radius 3 is 2.87 bits per heavy atom. The largest absolute Gasteiger partial charge is 0.444 e. The van der Waals surface area contributed by atoms with Crippen molar-refractivity contribution in [1.29, 1.82) is 0 Å². The maximum Gasteiger partial charge on any atom is 0.287 e. The Hall–Kier alpha value is -0.810. The predicted octanol–water partition coefficient (Wildman–Crippen LogP) is 1.77. The van der Waals surface area contributed by atoms with Gasteiger partial charge in [0.15, 0.2) is 10.4 Å². The second-order valence-corrected chi connectivity index (χ2v) is 4.05. The van der Waals surface area contributed by atoms with Crippen LogP contribution in [-0.2, 0) is 0 Å². The fourth-order valence-corrected chi connectivity index (χ4v) is 1.50. The Labute approximate surface area is 97.5 Å². The van der Waals surface area contributed by atoms with Crippen LogP contribution >= 0.6 is 15.9 Å². The van der Waals surface area contributed by atoms with Gasteiger partial charge in [-0.1, -0.05) is 6.92 Å². The molecule has 0 saturated carbocycles. The maximum atomic E-state index is 11.5. The van der Waals surface area contributed by atoms with E-state index in [1.165, 1.54) is 0 Å². The molecule has 5 heteroatoms. The molecule has 2 N–H and O–H groups in total. The Morgan fingerprint density at radius 1 is 1.60 bits per heavy atom. The minimum absolute atomic E-state index is 0.189. The summed E-state index contributed by atoms with van der Waals surface area (Å²) in [6.07, 6.45) is 0. The van der Waals surface area contributed by atoms with E-state index in [-0.39, 0.29) is 11.9 Å². The Morgan fingerprint density at radius 2 is 2.33 bits per heavy atom. The highest BCUT2D eigenvalue weighted by atomic mass is 79.9. The van der Waals surface area contributed by atoms with Crippen LogP contribution in [0.25, 0.3) is 0 Å². The molecule has 1 aromatic heterocycles. The number of furan rings is 1. The van der Waals surface area contributed by atoms with E-state index in [2.05, 4.69) is 26.6 Å². The number of hydrogen-bond acceptors (Lipinski definition) is 3. The van der Waals surface area contributed by atoms with Crippen molar-refractivity contribution in [1.82, 2.24) is 10.6 Å². The number of amides is 1. The molecule has 0 radical (unpaired) electrons. The van der Waals surface area contributed by atoms with Crippen LogP contribution in [0.1, 0.15) is 24.4 Å². The van der Waals surface area contributed by atoms with Gasteiger partial charge in [-0.25, -0.2) is 0 Å². The maximum absolute atomic E-state index is 11.5. The molecule has 0 unspecified atom stereocenters. The molecule has 0 aliphatic rings. The Kier molecular flexibility index (Phi) is 4.84. The van der Waals surface area contributed by atoms with E-state index >= 15 is 0 Å². The van der Waals surface area contributed by atoms with Crippen LogP contribution in [0, 0.1) is 0 Å². The summed E-state index contributed by atoms with van der Waals surface area (Å²) in [4.78, 5) is 11.5. The van der Waals surface area contributed by atoms with Gasteiger partial charge in [0, 0.05) is 12.6 Å². The molecule has 1 heterocycles. The number of halogens is 1. The van der Waals surface area contributed by atoms with Crippen molar-refractivity contribution in [2.75, 3.05) is 13.1 Å². The monoisotopic (exact) mass is 274 g/mol. The number of hydrogen-bond donors (Lipinski definition) is 2. The van der Waals surface area contributed by atoms with Crippen LogP contribution in [-0.4, -0.2) is 25.0 Å². The van der Waals surface area contributed by atoms with Gasteiger partial charge in [0.25, 0.3) is 5.91 Å². The number of carbonyl (C=O) groups excluding carboxylic acids is 1. The summed E-state index contributed by atoms with van der Waals surface area (Å²) in [5.41, 5.74) is 0. The molecule has 0 bridgehead atoms. The normalized spacial score (nSPS) is 12.5. The lowest BCUT2D eigenvalue weighted by Crippen LogP contribution is -2.38. The third-order valence-electron chi connectivity index (χ3n) is 1.92. The molecule has 1 aromatic rings. The molecule has 84 valence electrons. The molecule has 0 spiro atoms. The average molecular weight is 275 g/mol. The van der Waals surface area contributed by atoms with E-state index in [0.29, 0.717) is 17.0 Å². The molecule has 1 amide bonds. The summed E-state index contributed by atoms with van der Waals surface area (Å²) in [5.74, 6) is 0.135. The summed E-state index contributed by atoms with van der Waals surface area (Å²) in [5, 5.41) is 5.98. The highest BCUT2D eigenvalue weighted by Crippen LogP contribution is 2.13. The van der Waals surface area contributed by atoms with Crippen molar-refractivity contribution in [3.05, 3.63) is 22.6 Å². The Bertz CT molecular complexity index is 325. The first-order chi connectivity index (χ1) is 7.13. The molecule has 0 aliphatic heterocycles. The van der Waals surface area contributed by atoms with Gasteiger partial charge in [0.05, 0.1) is 0 Å². The van der Waals surface area contributed by atoms with Crippen molar-refractivity contribution in [3.8, 4) is 0 Å².